The molecule has 7 heteroatoms. The first-order valence-corrected chi connectivity index (χ1v) is 8.89. The van der Waals surface area contributed by atoms with Gasteiger partial charge in [-0.1, -0.05) is 18.2 Å². The van der Waals surface area contributed by atoms with E-state index in [4.69, 9.17) is 0 Å². The molecule has 0 saturated carbocycles. The molecular weight excluding hydrogens is 340 g/mol. The maximum Gasteiger partial charge on any atom is 0.272 e. The van der Waals surface area contributed by atoms with Gasteiger partial charge in [0.25, 0.3) is 5.91 Å². The molecule has 0 spiro atoms. The van der Waals surface area contributed by atoms with Crippen molar-refractivity contribution in [3.63, 3.8) is 0 Å². The molecule has 3 aromatic rings. The van der Waals surface area contributed by atoms with E-state index < -0.39 is 0 Å². The Morgan fingerprint density at radius 2 is 1.56 bits per heavy atom. The predicted octanol–water partition coefficient (Wildman–Crippen LogP) is 2.58. The maximum atomic E-state index is 12.8. The summed E-state index contributed by atoms with van der Waals surface area (Å²) in [6.45, 7) is 2.65. The average Bonchev–Trinajstić information content (AvgIpc) is 2.75. The lowest BCUT2D eigenvalue weighted by Crippen LogP contribution is -2.49. The largest absolute Gasteiger partial charge is 0.355 e. The van der Waals surface area contributed by atoms with Crippen molar-refractivity contribution in [1.29, 1.82) is 0 Å². The standard InChI is InChI=1S/C20H20N6O/c27-19(25-11-13-26(14-12-25)20-22-8-4-9-23-20)18-15-17(7-10-21-18)24-16-5-2-1-3-6-16/h1-10,15H,11-14H2,(H,21,24). The highest BCUT2D eigenvalue weighted by Crippen LogP contribution is 2.18. The van der Waals surface area contributed by atoms with Crippen LogP contribution in [0.3, 0.4) is 0 Å². The Balaban J connectivity index is 1.41. The van der Waals surface area contributed by atoms with Gasteiger partial charge in [-0.15, -0.1) is 0 Å². The minimum absolute atomic E-state index is 0.0552. The van der Waals surface area contributed by atoms with Crippen LogP contribution in [0.5, 0.6) is 0 Å². The van der Waals surface area contributed by atoms with E-state index in [-0.39, 0.29) is 5.91 Å². The monoisotopic (exact) mass is 360 g/mol. The molecule has 0 unspecified atom stereocenters. The van der Waals surface area contributed by atoms with Gasteiger partial charge >= 0.3 is 0 Å². The molecule has 1 fully saturated rings. The Labute approximate surface area is 157 Å². The first-order chi connectivity index (χ1) is 13.3. The number of pyridine rings is 1. The van der Waals surface area contributed by atoms with Crippen LogP contribution in [-0.4, -0.2) is 51.9 Å². The minimum Gasteiger partial charge on any atom is -0.355 e. The van der Waals surface area contributed by atoms with Crippen LogP contribution in [0.2, 0.25) is 0 Å². The first-order valence-electron chi connectivity index (χ1n) is 8.89. The highest BCUT2D eigenvalue weighted by atomic mass is 16.2. The second-order valence-electron chi connectivity index (χ2n) is 6.25. The summed E-state index contributed by atoms with van der Waals surface area (Å²) in [6.07, 6.45) is 5.12. The summed E-state index contributed by atoms with van der Waals surface area (Å²) in [7, 11) is 0. The maximum absolute atomic E-state index is 12.8. The van der Waals surface area contributed by atoms with E-state index in [1.165, 1.54) is 0 Å². The molecule has 0 aliphatic carbocycles. The Hall–Kier alpha value is -3.48. The van der Waals surface area contributed by atoms with E-state index in [9.17, 15) is 4.79 Å². The molecule has 7 nitrogen and oxygen atoms in total. The molecule has 3 heterocycles. The lowest BCUT2D eigenvalue weighted by molar-refractivity contribution is 0.0740. The molecule has 136 valence electrons. The second-order valence-corrected chi connectivity index (χ2v) is 6.25. The number of para-hydroxylation sites is 1. The van der Waals surface area contributed by atoms with Crippen LogP contribution in [0.15, 0.2) is 67.1 Å². The van der Waals surface area contributed by atoms with Gasteiger partial charge in [-0.3, -0.25) is 9.78 Å². The number of rotatable bonds is 4. The van der Waals surface area contributed by atoms with Crippen LogP contribution in [0.1, 0.15) is 10.5 Å². The number of hydrogen-bond donors (Lipinski definition) is 1. The Morgan fingerprint density at radius 1 is 0.815 bits per heavy atom. The zero-order valence-electron chi connectivity index (χ0n) is 14.8. The number of piperazine rings is 1. The fourth-order valence-electron chi connectivity index (χ4n) is 3.04. The van der Waals surface area contributed by atoms with Crippen molar-refractivity contribution in [3.8, 4) is 0 Å². The molecular formula is C20H20N6O. The Kier molecular flexibility index (Phi) is 4.91. The van der Waals surface area contributed by atoms with Gasteiger partial charge in [0, 0.05) is 56.1 Å². The molecule has 1 amide bonds. The lowest BCUT2D eigenvalue weighted by Gasteiger charge is -2.34. The van der Waals surface area contributed by atoms with Crippen molar-refractivity contribution < 1.29 is 4.79 Å². The zero-order valence-corrected chi connectivity index (χ0v) is 14.8. The normalized spacial score (nSPS) is 14.1. The number of hydrogen-bond acceptors (Lipinski definition) is 6. The van der Waals surface area contributed by atoms with Gasteiger partial charge in [-0.25, -0.2) is 9.97 Å². The van der Waals surface area contributed by atoms with Crippen molar-refractivity contribution in [2.75, 3.05) is 36.4 Å². The van der Waals surface area contributed by atoms with Crippen LogP contribution in [0.4, 0.5) is 17.3 Å². The summed E-state index contributed by atoms with van der Waals surface area (Å²) in [4.78, 5) is 29.6. The van der Waals surface area contributed by atoms with E-state index in [0.29, 0.717) is 37.8 Å². The Morgan fingerprint density at radius 3 is 2.30 bits per heavy atom. The molecule has 2 aromatic heterocycles. The molecule has 0 bridgehead atoms. The van der Waals surface area contributed by atoms with E-state index in [1.54, 1.807) is 30.7 Å². The quantitative estimate of drug-likeness (QED) is 0.771. The number of nitrogens with zero attached hydrogens (tertiary/aromatic N) is 5. The first kappa shape index (κ1) is 17.0. The number of anilines is 3. The van der Waals surface area contributed by atoms with Crippen molar-refractivity contribution in [2.24, 2.45) is 0 Å². The molecule has 1 aromatic carbocycles. The molecule has 4 rings (SSSR count). The highest BCUT2D eigenvalue weighted by Gasteiger charge is 2.24. The van der Waals surface area contributed by atoms with Gasteiger partial charge in [-0.2, -0.15) is 0 Å². The topological polar surface area (TPSA) is 74.2 Å². The van der Waals surface area contributed by atoms with E-state index >= 15 is 0 Å². The van der Waals surface area contributed by atoms with Crippen molar-refractivity contribution in [2.45, 2.75) is 0 Å². The number of aromatic nitrogens is 3. The number of carbonyl (C=O) groups is 1. The van der Waals surface area contributed by atoms with Crippen LogP contribution in [-0.2, 0) is 0 Å². The Bertz CT molecular complexity index is 895. The summed E-state index contributed by atoms with van der Waals surface area (Å²) in [5.74, 6) is 0.650. The summed E-state index contributed by atoms with van der Waals surface area (Å²) in [5.41, 5.74) is 2.26. The number of amides is 1. The van der Waals surface area contributed by atoms with Crippen molar-refractivity contribution in [3.05, 3.63) is 72.8 Å². The van der Waals surface area contributed by atoms with Crippen LogP contribution >= 0.6 is 0 Å². The summed E-state index contributed by atoms with van der Waals surface area (Å²) < 4.78 is 0. The van der Waals surface area contributed by atoms with Gasteiger partial charge in [0.1, 0.15) is 5.69 Å². The predicted molar refractivity (Wildman–Crippen MR) is 104 cm³/mol. The lowest BCUT2D eigenvalue weighted by atomic mass is 10.2. The molecule has 1 saturated heterocycles. The SMILES string of the molecule is O=C(c1cc(Nc2ccccc2)ccn1)N1CCN(c2ncccn2)CC1. The molecule has 1 aliphatic heterocycles. The van der Waals surface area contributed by atoms with Gasteiger partial charge in [0.2, 0.25) is 5.95 Å². The average molecular weight is 360 g/mol. The molecule has 27 heavy (non-hydrogen) atoms. The van der Waals surface area contributed by atoms with Gasteiger partial charge < -0.3 is 15.1 Å². The summed E-state index contributed by atoms with van der Waals surface area (Å²) in [5, 5.41) is 3.30. The number of benzene rings is 1. The van der Waals surface area contributed by atoms with E-state index in [0.717, 1.165) is 11.4 Å². The van der Waals surface area contributed by atoms with E-state index in [1.807, 2.05) is 41.3 Å². The van der Waals surface area contributed by atoms with Crippen LogP contribution < -0.4 is 10.2 Å². The zero-order chi connectivity index (χ0) is 18.5. The van der Waals surface area contributed by atoms with Crippen molar-refractivity contribution in [1.82, 2.24) is 19.9 Å². The summed E-state index contributed by atoms with van der Waals surface area (Å²) in [6, 6.07) is 15.3. The fourth-order valence-corrected chi connectivity index (χ4v) is 3.04. The third-order valence-corrected chi connectivity index (χ3v) is 4.44. The smallest absolute Gasteiger partial charge is 0.272 e. The van der Waals surface area contributed by atoms with Crippen LogP contribution in [0, 0.1) is 0 Å². The summed E-state index contributed by atoms with van der Waals surface area (Å²) >= 11 is 0. The fraction of sp³-hybridized carbons (Fsp3) is 0.200. The molecule has 1 N–H and O–H groups in total. The molecule has 1 aliphatic rings. The van der Waals surface area contributed by atoms with Gasteiger partial charge in [0.15, 0.2) is 0 Å². The van der Waals surface area contributed by atoms with Gasteiger partial charge in [-0.05, 0) is 30.3 Å². The number of nitrogens with one attached hydrogen (secondary N) is 1. The van der Waals surface area contributed by atoms with Crippen molar-refractivity contribution >= 4 is 23.2 Å². The third kappa shape index (κ3) is 4.03. The molecule has 0 radical (unpaired) electrons. The highest BCUT2D eigenvalue weighted by molar-refractivity contribution is 5.93. The van der Waals surface area contributed by atoms with E-state index in [2.05, 4.69) is 25.2 Å². The minimum atomic E-state index is -0.0552. The second kappa shape index (κ2) is 7.82. The van der Waals surface area contributed by atoms with Crippen LogP contribution in [0.25, 0.3) is 0 Å². The molecule has 0 atom stereocenters. The van der Waals surface area contributed by atoms with Gasteiger partial charge in [0.05, 0.1) is 0 Å². The third-order valence-electron chi connectivity index (χ3n) is 4.44. The number of carbonyl (C=O) groups excluding carboxylic acids is 1.